The molecule has 0 aliphatic heterocycles. The van der Waals surface area contributed by atoms with Crippen LogP contribution in [0.1, 0.15) is 5.89 Å². The Morgan fingerprint density at radius 3 is 2.55 bits per heavy atom. The molecule has 0 atom stereocenters. The Kier molecular flexibility index (Phi) is 6.44. The second-order valence-corrected chi connectivity index (χ2v) is 7.54. The van der Waals surface area contributed by atoms with Crippen molar-refractivity contribution in [1.29, 1.82) is 0 Å². The maximum absolute atomic E-state index is 12.3. The third-order valence-corrected chi connectivity index (χ3v) is 5.23. The third kappa shape index (κ3) is 5.61. The number of carbonyl (C=O) groups excluding carboxylic acids is 2. The van der Waals surface area contributed by atoms with Crippen molar-refractivity contribution < 1.29 is 18.7 Å². The summed E-state index contributed by atoms with van der Waals surface area (Å²) in [5.74, 6) is -0.802. The average Bonchev–Trinajstić information content (AvgIpc) is 3.21. The summed E-state index contributed by atoms with van der Waals surface area (Å²) in [4.78, 5) is 30.4. The quantitative estimate of drug-likeness (QED) is 0.322. The van der Waals surface area contributed by atoms with Gasteiger partial charge in [-0.25, -0.2) is 9.78 Å². The number of benzene rings is 3. The molecule has 3 aromatic carbocycles. The summed E-state index contributed by atoms with van der Waals surface area (Å²) in [5, 5.41) is 2.79. The van der Waals surface area contributed by atoms with Crippen LogP contribution in [0.15, 0.2) is 99.1 Å². The first kappa shape index (κ1) is 20.4. The number of ether oxygens (including phenoxy) is 1. The minimum absolute atomic E-state index is 0.287. The maximum Gasteiger partial charge on any atom is 0.331 e. The number of aromatic nitrogens is 1. The minimum Gasteiger partial charge on any atom is -0.452 e. The highest BCUT2D eigenvalue weighted by molar-refractivity contribution is 7.99. The fourth-order valence-corrected chi connectivity index (χ4v) is 3.67. The number of anilines is 1. The molecule has 31 heavy (non-hydrogen) atoms. The van der Waals surface area contributed by atoms with Gasteiger partial charge in [0.2, 0.25) is 5.89 Å². The number of esters is 1. The number of nitrogens with zero attached hydrogens (tertiary/aromatic N) is 1. The van der Waals surface area contributed by atoms with E-state index >= 15 is 0 Å². The molecule has 0 aliphatic rings. The number of fused-ring (bicyclic) bond motifs is 1. The van der Waals surface area contributed by atoms with Crippen LogP contribution >= 0.6 is 11.8 Å². The van der Waals surface area contributed by atoms with E-state index in [4.69, 9.17) is 9.15 Å². The summed E-state index contributed by atoms with van der Waals surface area (Å²) in [7, 11) is 0. The van der Waals surface area contributed by atoms with Crippen LogP contribution in [-0.2, 0) is 14.3 Å². The SMILES string of the molecule is O=C(COC(=O)/C=C/c1nc2ccccc2o1)Nc1ccccc1Sc1ccccc1. The molecule has 154 valence electrons. The molecule has 0 fully saturated rings. The van der Waals surface area contributed by atoms with Crippen LogP contribution in [-0.4, -0.2) is 23.5 Å². The van der Waals surface area contributed by atoms with E-state index in [1.54, 1.807) is 12.1 Å². The zero-order valence-corrected chi connectivity index (χ0v) is 17.2. The van der Waals surface area contributed by atoms with Gasteiger partial charge in [0.05, 0.1) is 5.69 Å². The van der Waals surface area contributed by atoms with Crippen molar-refractivity contribution in [1.82, 2.24) is 4.98 Å². The Bertz CT molecular complexity index is 1200. The van der Waals surface area contributed by atoms with Gasteiger partial charge in [-0.05, 0) is 36.4 Å². The maximum atomic E-state index is 12.3. The molecule has 0 saturated heterocycles. The molecule has 0 unspecified atom stereocenters. The van der Waals surface area contributed by atoms with E-state index in [-0.39, 0.29) is 5.89 Å². The number of carbonyl (C=O) groups is 2. The molecule has 0 saturated carbocycles. The summed E-state index contributed by atoms with van der Waals surface area (Å²) >= 11 is 1.54. The number of hydrogen-bond acceptors (Lipinski definition) is 6. The molecule has 0 spiro atoms. The third-order valence-electron chi connectivity index (χ3n) is 4.15. The summed E-state index contributed by atoms with van der Waals surface area (Å²) in [5.41, 5.74) is 1.98. The van der Waals surface area contributed by atoms with Crippen molar-refractivity contribution in [2.45, 2.75) is 9.79 Å². The van der Waals surface area contributed by atoms with Gasteiger partial charge >= 0.3 is 5.97 Å². The van der Waals surface area contributed by atoms with E-state index in [2.05, 4.69) is 10.3 Å². The van der Waals surface area contributed by atoms with Crippen LogP contribution in [0, 0.1) is 0 Å². The number of hydrogen-bond donors (Lipinski definition) is 1. The van der Waals surface area contributed by atoms with E-state index in [1.807, 2.05) is 66.7 Å². The van der Waals surface area contributed by atoms with E-state index in [9.17, 15) is 9.59 Å². The first-order valence-corrected chi connectivity index (χ1v) is 10.3. The summed E-state index contributed by atoms with van der Waals surface area (Å²) < 4.78 is 10.5. The Labute approximate surface area is 182 Å². The highest BCUT2D eigenvalue weighted by atomic mass is 32.2. The van der Waals surface area contributed by atoms with Crippen LogP contribution in [0.4, 0.5) is 5.69 Å². The predicted molar refractivity (Wildman–Crippen MR) is 120 cm³/mol. The number of rotatable bonds is 7. The average molecular weight is 430 g/mol. The fraction of sp³-hybridized carbons (Fsp3) is 0.0417. The lowest BCUT2D eigenvalue weighted by Crippen LogP contribution is -2.20. The van der Waals surface area contributed by atoms with Crippen LogP contribution in [0.2, 0.25) is 0 Å². The highest BCUT2D eigenvalue weighted by Gasteiger charge is 2.10. The molecule has 1 heterocycles. The van der Waals surface area contributed by atoms with E-state index in [0.29, 0.717) is 16.8 Å². The van der Waals surface area contributed by atoms with Gasteiger partial charge in [-0.3, -0.25) is 4.79 Å². The van der Waals surface area contributed by atoms with Crippen molar-refractivity contribution in [3.05, 3.63) is 90.8 Å². The Balaban J connectivity index is 1.31. The molecule has 0 radical (unpaired) electrons. The standard InChI is InChI=1S/C24H18N2O4S/c27-22(25-19-11-5-7-13-21(19)31-17-8-2-1-3-9-17)16-29-24(28)15-14-23-26-18-10-4-6-12-20(18)30-23/h1-15H,16H2,(H,25,27)/b15-14+. The van der Waals surface area contributed by atoms with Crippen LogP contribution < -0.4 is 5.32 Å². The Hall–Kier alpha value is -3.84. The molecule has 4 aromatic rings. The largest absolute Gasteiger partial charge is 0.452 e. The molecule has 1 amide bonds. The van der Waals surface area contributed by atoms with Gasteiger partial charge in [-0.15, -0.1) is 0 Å². The lowest BCUT2D eigenvalue weighted by molar-refractivity contribution is -0.142. The van der Waals surface area contributed by atoms with E-state index < -0.39 is 18.5 Å². The van der Waals surface area contributed by atoms with Gasteiger partial charge in [0.15, 0.2) is 12.2 Å². The van der Waals surface area contributed by atoms with Crippen LogP contribution in [0.25, 0.3) is 17.2 Å². The van der Waals surface area contributed by atoms with Gasteiger partial charge in [0, 0.05) is 21.9 Å². The zero-order chi connectivity index (χ0) is 21.5. The van der Waals surface area contributed by atoms with Crippen LogP contribution in [0.5, 0.6) is 0 Å². The summed E-state index contributed by atoms with van der Waals surface area (Å²) in [6.07, 6.45) is 2.59. The van der Waals surface area contributed by atoms with Crippen LogP contribution in [0.3, 0.4) is 0 Å². The summed E-state index contributed by atoms with van der Waals surface area (Å²) in [6.45, 7) is -0.402. The smallest absolute Gasteiger partial charge is 0.331 e. The second-order valence-electron chi connectivity index (χ2n) is 6.42. The van der Waals surface area contributed by atoms with Gasteiger partial charge in [0.25, 0.3) is 5.91 Å². The number of amides is 1. The fourth-order valence-electron chi connectivity index (χ4n) is 2.75. The number of para-hydroxylation sites is 3. The molecule has 1 N–H and O–H groups in total. The molecule has 1 aromatic heterocycles. The molecule has 4 rings (SSSR count). The molecule has 0 aliphatic carbocycles. The van der Waals surface area contributed by atoms with Gasteiger partial charge in [-0.1, -0.05) is 54.2 Å². The van der Waals surface area contributed by atoms with Gasteiger partial charge < -0.3 is 14.5 Å². The van der Waals surface area contributed by atoms with E-state index in [1.165, 1.54) is 23.9 Å². The minimum atomic E-state index is -0.663. The molecule has 7 heteroatoms. The first-order valence-electron chi connectivity index (χ1n) is 9.49. The van der Waals surface area contributed by atoms with Gasteiger partial charge in [-0.2, -0.15) is 0 Å². The zero-order valence-electron chi connectivity index (χ0n) is 16.4. The number of nitrogens with one attached hydrogen (secondary N) is 1. The monoisotopic (exact) mass is 430 g/mol. The molecular weight excluding hydrogens is 412 g/mol. The Morgan fingerprint density at radius 1 is 0.968 bits per heavy atom. The summed E-state index contributed by atoms with van der Waals surface area (Å²) in [6, 6.07) is 24.6. The number of oxazole rings is 1. The molecular formula is C24H18N2O4S. The molecule has 6 nitrogen and oxygen atoms in total. The second kappa shape index (κ2) is 9.77. The lowest BCUT2D eigenvalue weighted by Gasteiger charge is -2.10. The van der Waals surface area contributed by atoms with Crippen molar-refractivity contribution in [2.24, 2.45) is 0 Å². The van der Waals surface area contributed by atoms with Crippen molar-refractivity contribution in [2.75, 3.05) is 11.9 Å². The first-order chi connectivity index (χ1) is 15.2. The van der Waals surface area contributed by atoms with Crippen molar-refractivity contribution in [3.8, 4) is 0 Å². The topological polar surface area (TPSA) is 81.4 Å². The van der Waals surface area contributed by atoms with Crippen molar-refractivity contribution in [3.63, 3.8) is 0 Å². The lowest BCUT2D eigenvalue weighted by atomic mass is 10.3. The molecule has 0 bridgehead atoms. The highest BCUT2D eigenvalue weighted by Crippen LogP contribution is 2.33. The van der Waals surface area contributed by atoms with Gasteiger partial charge in [0.1, 0.15) is 5.52 Å². The normalized spacial score (nSPS) is 11.0. The predicted octanol–water partition coefficient (Wildman–Crippen LogP) is 5.17. The van der Waals surface area contributed by atoms with Crippen molar-refractivity contribution >= 4 is 46.5 Å². The van der Waals surface area contributed by atoms with E-state index in [0.717, 1.165) is 9.79 Å². The Morgan fingerprint density at radius 2 is 1.71 bits per heavy atom.